The molecule has 1 aliphatic heterocycles. The van der Waals surface area contributed by atoms with Gasteiger partial charge in [0.05, 0.1) is 11.4 Å². The van der Waals surface area contributed by atoms with E-state index in [0.717, 1.165) is 11.1 Å². The minimum Gasteiger partial charge on any atom is -0.326 e. The van der Waals surface area contributed by atoms with E-state index in [2.05, 4.69) is 5.32 Å². The molecule has 1 amide bonds. The Morgan fingerprint density at radius 2 is 1.92 bits per heavy atom. The molecule has 0 aliphatic carbocycles. The third kappa shape index (κ3) is 4.20. The number of carbonyl (C=O) groups is 1. The van der Waals surface area contributed by atoms with Crippen molar-refractivity contribution in [2.75, 3.05) is 21.9 Å². The fraction of sp³-hybridized carbons (Fsp3) is 0.316. The summed E-state index contributed by atoms with van der Waals surface area (Å²) < 4.78 is 25.6. The molecule has 0 atom stereocenters. The lowest BCUT2D eigenvalue weighted by Gasteiger charge is -2.20. The van der Waals surface area contributed by atoms with Crippen LogP contribution in [0.2, 0.25) is 0 Å². The highest BCUT2D eigenvalue weighted by atomic mass is 32.2. The second-order valence-electron chi connectivity index (χ2n) is 6.28. The first kappa shape index (κ1) is 17.5. The fourth-order valence-electron chi connectivity index (χ4n) is 3.05. The molecule has 2 aromatic carbocycles. The molecule has 0 aromatic heterocycles. The van der Waals surface area contributed by atoms with Gasteiger partial charge in [0.2, 0.25) is 15.9 Å². The Labute approximate surface area is 148 Å². The average Bonchev–Trinajstić information content (AvgIpc) is 2.93. The highest BCUT2D eigenvalue weighted by molar-refractivity contribution is 7.93. The molecule has 132 valence electrons. The molecule has 0 unspecified atom stereocenters. The second-order valence-corrected chi connectivity index (χ2v) is 8.29. The maximum atomic E-state index is 12.1. The largest absolute Gasteiger partial charge is 0.326 e. The Hall–Kier alpha value is -2.34. The van der Waals surface area contributed by atoms with Gasteiger partial charge in [0.15, 0.2) is 0 Å². The Kier molecular flexibility index (Phi) is 5.08. The minimum atomic E-state index is -3.19. The maximum absolute atomic E-state index is 12.1. The third-order valence-corrected chi connectivity index (χ3v) is 6.19. The van der Waals surface area contributed by atoms with Crippen molar-refractivity contribution < 1.29 is 13.2 Å². The Morgan fingerprint density at radius 3 is 2.56 bits per heavy atom. The number of benzene rings is 2. The van der Waals surface area contributed by atoms with Crippen LogP contribution in [0.4, 0.5) is 11.4 Å². The van der Waals surface area contributed by atoms with Gasteiger partial charge in [-0.25, -0.2) is 8.42 Å². The first-order valence-electron chi connectivity index (χ1n) is 8.40. The zero-order valence-electron chi connectivity index (χ0n) is 14.2. The highest BCUT2D eigenvalue weighted by Gasteiger charge is 2.29. The number of rotatable bonds is 5. The van der Waals surface area contributed by atoms with Crippen molar-refractivity contribution in [3.05, 3.63) is 59.7 Å². The maximum Gasteiger partial charge on any atom is 0.235 e. The van der Waals surface area contributed by atoms with E-state index in [1.807, 2.05) is 43.3 Å². The summed E-state index contributed by atoms with van der Waals surface area (Å²) in [5.74, 6) is 0.148. The van der Waals surface area contributed by atoms with E-state index in [4.69, 9.17) is 0 Å². The Balaban J connectivity index is 1.64. The van der Waals surface area contributed by atoms with Crippen molar-refractivity contribution in [2.24, 2.45) is 0 Å². The lowest BCUT2D eigenvalue weighted by Crippen LogP contribution is -2.25. The van der Waals surface area contributed by atoms with Crippen molar-refractivity contribution in [3.63, 3.8) is 0 Å². The van der Waals surface area contributed by atoms with Gasteiger partial charge < -0.3 is 5.32 Å². The molecule has 1 heterocycles. The number of hydrogen-bond acceptors (Lipinski definition) is 3. The van der Waals surface area contributed by atoms with E-state index in [9.17, 15) is 13.2 Å². The van der Waals surface area contributed by atoms with Gasteiger partial charge in [-0.15, -0.1) is 0 Å². The summed E-state index contributed by atoms with van der Waals surface area (Å²) in [6.07, 6.45) is 1.75. The van der Waals surface area contributed by atoms with E-state index >= 15 is 0 Å². The molecule has 0 saturated carbocycles. The lowest BCUT2D eigenvalue weighted by atomic mass is 10.1. The van der Waals surface area contributed by atoms with Crippen molar-refractivity contribution in [1.82, 2.24) is 0 Å². The molecule has 2 aromatic rings. The Morgan fingerprint density at radius 1 is 1.16 bits per heavy atom. The van der Waals surface area contributed by atoms with Crippen molar-refractivity contribution in [3.8, 4) is 0 Å². The van der Waals surface area contributed by atoms with Gasteiger partial charge in [-0.05, 0) is 49.1 Å². The molecular weight excluding hydrogens is 336 g/mol. The van der Waals surface area contributed by atoms with Crippen molar-refractivity contribution >= 4 is 27.3 Å². The number of aryl methyl sites for hydroxylation is 2. The monoisotopic (exact) mass is 358 g/mol. The highest BCUT2D eigenvalue weighted by Crippen LogP contribution is 2.29. The molecule has 1 fully saturated rings. The van der Waals surface area contributed by atoms with E-state index in [0.29, 0.717) is 37.2 Å². The minimum absolute atomic E-state index is 0.0511. The van der Waals surface area contributed by atoms with Crippen LogP contribution in [0.1, 0.15) is 24.0 Å². The van der Waals surface area contributed by atoms with Crippen LogP contribution >= 0.6 is 0 Å². The van der Waals surface area contributed by atoms with Crippen LogP contribution in [0, 0.1) is 6.92 Å². The molecule has 5 nitrogen and oxygen atoms in total. The molecule has 1 N–H and O–H groups in total. The molecule has 3 rings (SSSR count). The van der Waals surface area contributed by atoms with Gasteiger partial charge in [-0.3, -0.25) is 9.10 Å². The molecular formula is C19H22N2O3S. The van der Waals surface area contributed by atoms with Crippen LogP contribution in [-0.4, -0.2) is 26.6 Å². The number of hydrogen-bond donors (Lipinski definition) is 1. The van der Waals surface area contributed by atoms with Crippen molar-refractivity contribution in [2.45, 2.75) is 26.2 Å². The predicted octanol–water partition coefficient (Wildman–Crippen LogP) is 3.11. The quantitative estimate of drug-likeness (QED) is 0.893. The molecule has 0 radical (unpaired) electrons. The fourth-order valence-corrected chi connectivity index (χ4v) is 4.68. The number of anilines is 2. The number of amides is 1. The summed E-state index contributed by atoms with van der Waals surface area (Å²) in [7, 11) is -3.19. The van der Waals surface area contributed by atoms with E-state index in [1.54, 1.807) is 12.1 Å². The summed E-state index contributed by atoms with van der Waals surface area (Å²) >= 11 is 0. The van der Waals surface area contributed by atoms with Crippen LogP contribution in [0.5, 0.6) is 0 Å². The molecule has 0 bridgehead atoms. The van der Waals surface area contributed by atoms with E-state index < -0.39 is 10.0 Å². The van der Waals surface area contributed by atoms with Crippen LogP contribution in [0.25, 0.3) is 0 Å². The van der Waals surface area contributed by atoms with Gasteiger partial charge in [0.25, 0.3) is 0 Å². The molecule has 1 aliphatic rings. The molecule has 25 heavy (non-hydrogen) atoms. The lowest BCUT2D eigenvalue weighted by molar-refractivity contribution is -0.116. The third-order valence-electron chi connectivity index (χ3n) is 4.33. The summed E-state index contributed by atoms with van der Waals surface area (Å²) in [5.41, 5.74) is 3.35. The van der Waals surface area contributed by atoms with Crippen LogP contribution in [0.3, 0.4) is 0 Å². The summed E-state index contributed by atoms with van der Waals surface area (Å²) in [5, 5.41) is 2.88. The normalized spacial score (nSPS) is 16.0. The SMILES string of the molecule is Cc1cc(NC(=O)CCc2ccccc2)ccc1N1CCCS1(=O)=O. The molecule has 0 spiro atoms. The number of nitrogens with one attached hydrogen (secondary N) is 1. The smallest absolute Gasteiger partial charge is 0.235 e. The summed E-state index contributed by atoms with van der Waals surface area (Å²) in [6.45, 7) is 2.38. The Bertz CT molecular complexity index is 863. The molecule has 1 saturated heterocycles. The van der Waals surface area contributed by atoms with Gasteiger partial charge in [0.1, 0.15) is 0 Å². The predicted molar refractivity (Wildman–Crippen MR) is 100 cm³/mol. The summed E-state index contributed by atoms with van der Waals surface area (Å²) in [6, 6.07) is 15.2. The van der Waals surface area contributed by atoms with Crippen molar-refractivity contribution in [1.29, 1.82) is 0 Å². The van der Waals surface area contributed by atoms with Gasteiger partial charge in [-0.1, -0.05) is 30.3 Å². The first-order chi connectivity index (χ1) is 12.0. The first-order valence-corrected chi connectivity index (χ1v) is 10.0. The topological polar surface area (TPSA) is 66.5 Å². The summed E-state index contributed by atoms with van der Waals surface area (Å²) in [4.78, 5) is 12.1. The number of carbonyl (C=O) groups excluding carboxylic acids is 1. The van der Waals surface area contributed by atoms with Gasteiger partial charge in [-0.2, -0.15) is 0 Å². The van der Waals surface area contributed by atoms with Crippen LogP contribution in [0.15, 0.2) is 48.5 Å². The number of sulfonamides is 1. The standard InChI is InChI=1S/C19H22N2O3S/c1-15-14-17(9-10-18(15)21-12-5-13-25(21,23)24)20-19(22)11-8-16-6-3-2-4-7-16/h2-4,6-7,9-10,14H,5,8,11-13H2,1H3,(H,20,22). The van der Waals surface area contributed by atoms with E-state index in [-0.39, 0.29) is 11.7 Å². The zero-order valence-corrected chi connectivity index (χ0v) is 15.1. The zero-order chi connectivity index (χ0) is 17.9. The van der Waals surface area contributed by atoms with Gasteiger partial charge >= 0.3 is 0 Å². The number of nitrogens with zero attached hydrogens (tertiary/aromatic N) is 1. The van der Waals surface area contributed by atoms with Crippen LogP contribution < -0.4 is 9.62 Å². The van der Waals surface area contributed by atoms with E-state index in [1.165, 1.54) is 4.31 Å². The molecule has 6 heteroatoms. The van der Waals surface area contributed by atoms with Crippen LogP contribution in [-0.2, 0) is 21.2 Å². The second kappa shape index (κ2) is 7.27. The van der Waals surface area contributed by atoms with Gasteiger partial charge in [0, 0.05) is 18.7 Å². The average molecular weight is 358 g/mol.